The molecule has 19 heavy (non-hydrogen) atoms. The summed E-state index contributed by atoms with van der Waals surface area (Å²) in [6.45, 7) is 5.77. The number of carbonyl (C=O) groups is 2. The van der Waals surface area contributed by atoms with Crippen molar-refractivity contribution in [1.29, 1.82) is 0 Å². The standard InChI is InChI=1S/C15H19NO3/c1-9(14(18)19)10-5-4-6-11(7-10)16-13(17)12-8-15(12,2)3/h4-7,9,12H,8H2,1-3H3,(H,16,17)(H,18,19). The van der Waals surface area contributed by atoms with Gasteiger partial charge in [-0.25, -0.2) is 0 Å². The molecule has 4 heteroatoms. The van der Waals surface area contributed by atoms with Crippen LogP contribution < -0.4 is 5.32 Å². The molecule has 4 nitrogen and oxygen atoms in total. The molecule has 0 saturated heterocycles. The van der Waals surface area contributed by atoms with Gasteiger partial charge >= 0.3 is 5.97 Å². The van der Waals surface area contributed by atoms with E-state index in [9.17, 15) is 9.59 Å². The molecule has 1 saturated carbocycles. The molecule has 0 aromatic heterocycles. The van der Waals surface area contributed by atoms with E-state index in [1.807, 2.05) is 0 Å². The normalized spacial score (nSPS) is 21.5. The Bertz CT molecular complexity index is 522. The maximum Gasteiger partial charge on any atom is 0.310 e. The van der Waals surface area contributed by atoms with E-state index in [2.05, 4.69) is 19.2 Å². The van der Waals surface area contributed by atoms with Crippen LogP contribution in [0.4, 0.5) is 5.69 Å². The number of carboxylic acids is 1. The van der Waals surface area contributed by atoms with E-state index in [1.54, 1.807) is 31.2 Å². The van der Waals surface area contributed by atoms with Gasteiger partial charge in [0.05, 0.1) is 5.92 Å². The lowest BCUT2D eigenvalue weighted by Crippen LogP contribution is -2.17. The third-order valence-electron chi connectivity index (χ3n) is 3.85. The first-order valence-corrected chi connectivity index (χ1v) is 6.45. The number of nitrogens with one attached hydrogen (secondary N) is 1. The van der Waals surface area contributed by atoms with Crippen molar-refractivity contribution in [3.8, 4) is 0 Å². The highest BCUT2D eigenvalue weighted by Gasteiger charge is 2.50. The molecule has 102 valence electrons. The fourth-order valence-electron chi connectivity index (χ4n) is 2.17. The average Bonchev–Trinajstić information content (AvgIpc) is 2.98. The summed E-state index contributed by atoms with van der Waals surface area (Å²) in [5.41, 5.74) is 1.45. The molecular formula is C15H19NO3. The monoisotopic (exact) mass is 261 g/mol. The van der Waals surface area contributed by atoms with Crippen LogP contribution in [0.5, 0.6) is 0 Å². The van der Waals surface area contributed by atoms with Crippen molar-refractivity contribution in [2.24, 2.45) is 11.3 Å². The number of aliphatic carboxylic acids is 1. The molecule has 1 fully saturated rings. The van der Waals surface area contributed by atoms with Crippen molar-refractivity contribution in [3.05, 3.63) is 29.8 Å². The average molecular weight is 261 g/mol. The molecule has 1 aliphatic carbocycles. The predicted molar refractivity (Wildman–Crippen MR) is 73.0 cm³/mol. The van der Waals surface area contributed by atoms with Gasteiger partial charge in [0.2, 0.25) is 5.91 Å². The summed E-state index contributed by atoms with van der Waals surface area (Å²) in [6.07, 6.45) is 0.907. The number of rotatable bonds is 4. The second-order valence-electron chi connectivity index (χ2n) is 5.92. The van der Waals surface area contributed by atoms with E-state index in [4.69, 9.17) is 5.11 Å². The van der Waals surface area contributed by atoms with Gasteiger partial charge in [0, 0.05) is 11.6 Å². The van der Waals surface area contributed by atoms with Gasteiger partial charge in [-0.15, -0.1) is 0 Å². The first-order chi connectivity index (χ1) is 8.81. The summed E-state index contributed by atoms with van der Waals surface area (Å²) in [5, 5.41) is 11.8. The first kappa shape index (κ1) is 13.6. The Hall–Kier alpha value is -1.84. The number of hydrogen-bond acceptors (Lipinski definition) is 2. The summed E-state index contributed by atoms with van der Waals surface area (Å²) in [6, 6.07) is 7.04. The van der Waals surface area contributed by atoms with Gasteiger partial charge in [-0.1, -0.05) is 26.0 Å². The van der Waals surface area contributed by atoms with Gasteiger partial charge in [0.1, 0.15) is 0 Å². The smallest absolute Gasteiger partial charge is 0.310 e. The molecule has 1 aliphatic rings. The topological polar surface area (TPSA) is 66.4 Å². The Balaban J connectivity index is 2.07. The summed E-state index contributed by atoms with van der Waals surface area (Å²) in [7, 11) is 0. The van der Waals surface area contributed by atoms with Crippen molar-refractivity contribution in [2.45, 2.75) is 33.1 Å². The highest BCUT2D eigenvalue weighted by molar-refractivity contribution is 5.95. The van der Waals surface area contributed by atoms with Crippen LogP contribution in [0.15, 0.2) is 24.3 Å². The van der Waals surface area contributed by atoms with Crippen LogP contribution in [0, 0.1) is 11.3 Å². The van der Waals surface area contributed by atoms with Crippen LogP contribution in [-0.4, -0.2) is 17.0 Å². The maximum absolute atomic E-state index is 12.0. The second kappa shape index (κ2) is 4.68. The van der Waals surface area contributed by atoms with Gasteiger partial charge in [0.25, 0.3) is 0 Å². The molecule has 2 rings (SSSR count). The molecular weight excluding hydrogens is 242 g/mol. The van der Waals surface area contributed by atoms with Crippen LogP contribution in [0.25, 0.3) is 0 Å². The number of benzene rings is 1. The lowest BCUT2D eigenvalue weighted by Gasteiger charge is -2.10. The minimum Gasteiger partial charge on any atom is -0.481 e. The summed E-state index contributed by atoms with van der Waals surface area (Å²) >= 11 is 0. The van der Waals surface area contributed by atoms with Crippen molar-refractivity contribution < 1.29 is 14.7 Å². The SMILES string of the molecule is CC(C(=O)O)c1cccc(NC(=O)C2CC2(C)C)c1. The Kier molecular flexibility index (Phi) is 3.35. The van der Waals surface area contributed by atoms with Crippen molar-refractivity contribution in [1.82, 2.24) is 0 Å². The molecule has 2 unspecified atom stereocenters. The minimum atomic E-state index is -0.869. The fraction of sp³-hybridized carbons (Fsp3) is 0.467. The van der Waals surface area contributed by atoms with Gasteiger partial charge in [-0.05, 0) is 36.5 Å². The van der Waals surface area contributed by atoms with E-state index >= 15 is 0 Å². The van der Waals surface area contributed by atoms with E-state index in [0.29, 0.717) is 11.3 Å². The van der Waals surface area contributed by atoms with Gasteiger partial charge < -0.3 is 10.4 Å². The van der Waals surface area contributed by atoms with Crippen molar-refractivity contribution in [2.75, 3.05) is 5.32 Å². The van der Waals surface area contributed by atoms with E-state index in [-0.39, 0.29) is 17.2 Å². The number of anilines is 1. The third kappa shape index (κ3) is 2.95. The van der Waals surface area contributed by atoms with Gasteiger partial charge in [-0.3, -0.25) is 9.59 Å². The Labute approximate surface area is 112 Å². The van der Waals surface area contributed by atoms with E-state index < -0.39 is 11.9 Å². The molecule has 1 amide bonds. The molecule has 0 aliphatic heterocycles. The van der Waals surface area contributed by atoms with Crippen LogP contribution in [0.3, 0.4) is 0 Å². The molecule has 0 heterocycles. The molecule has 0 radical (unpaired) electrons. The Morgan fingerprint density at radius 3 is 2.58 bits per heavy atom. The number of carboxylic acid groups (broad SMARTS) is 1. The Morgan fingerprint density at radius 2 is 2.05 bits per heavy atom. The van der Waals surface area contributed by atoms with Crippen LogP contribution in [0.2, 0.25) is 0 Å². The number of carbonyl (C=O) groups excluding carboxylic acids is 1. The summed E-state index contributed by atoms with van der Waals surface area (Å²) in [5.74, 6) is -1.36. The van der Waals surface area contributed by atoms with Crippen molar-refractivity contribution in [3.63, 3.8) is 0 Å². The zero-order valence-electron chi connectivity index (χ0n) is 11.4. The first-order valence-electron chi connectivity index (χ1n) is 6.45. The third-order valence-corrected chi connectivity index (χ3v) is 3.85. The minimum absolute atomic E-state index is 0.0186. The molecule has 0 spiro atoms. The van der Waals surface area contributed by atoms with E-state index in [0.717, 1.165) is 6.42 Å². The van der Waals surface area contributed by atoms with Gasteiger partial charge in [0.15, 0.2) is 0 Å². The fourth-order valence-corrected chi connectivity index (χ4v) is 2.17. The molecule has 2 N–H and O–H groups in total. The molecule has 1 aromatic carbocycles. The maximum atomic E-state index is 12.0. The second-order valence-corrected chi connectivity index (χ2v) is 5.92. The van der Waals surface area contributed by atoms with E-state index in [1.165, 1.54) is 0 Å². The molecule has 1 aromatic rings. The molecule has 0 bridgehead atoms. The zero-order chi connectivity index (χ0) is 14.2. The zero-order valence-corrected chi connectivity index (χ0v) is 11.4. The highest BCUT2D eigenvalue weighted by Crippen LogP contribution is 2.51. The summed E-state index contributed by atoms with van der Waals surface area (Å²) < 4.78 is 0. The highest BCUT2D eigenvalue weighted by atomic mass is 16.4. The number of hydrogen-bond donors (Lipinski definition) is 2. The quantitative estimate of drug-likeness (QED) is 0.875. The predicted octanol–water partition coefficient (Wildman–Crippen LogP) is 2.86. The lowest BCUT2D eigenvalue weighted by molar-refractivity contribution is -0.138. The van der Waals surface area contributed by atoms with Crippen LogP contribution in [0.1, 0.15) is 38.7 Å². The van der Waals surface area contributed by atoms with Crippen LogP contribution in [-0.2, 0) is 9.59 Å². The van der Waals surface area contributed by atoms with Crippen molar-refractivity contribution >= 4 is 17.6 Å². The largest absolute Gasteiger partial charge is 0.481 e. The molecule has 2 atom stereocenters. The summed E-state index contributed by atoms with van der Waals surface area (Å²) in [4.78, 5) is 22.9. The lowest BCUT2D eigenvalue weighted by atomic mass is 10.0. The Morgan fingerprint density at radius 1 is 1.42 bits per heavy atom. The van der Waals surface area contributed by atoms with Crippen LogP contribution >= 0.6 is 0 Å². The number of amides is 1. The van der Waals surface area contributed by atoms with Gasteiger partial charge in [-0.2, -0.15) is 0 Å².